The predicted octanol–water partition coefficient (Wildman–Crippen LogP) is -1.65. The number of hydrogen-bond donors (Lipinski definition) is 10. The van der Waals surface area contributed by atoms with Gasteiger partial charge in [0, 0.05) is 24.1 Å². The number of amides is 2. The van der Waals surface area contributed by atoms with Gasteiger partial charge in [-0.1, -0.05) is 38.1 Å². The van der Waals surface area contributed by atoms with Crippen molar-refractivity contribution in [2.45, 2.75) is 101 Å². The van der Waals surface area contributed by atoms with E-state index in [-0.39, 0.29) is 24.1 Å². The number of carbonyl (C=O) groups is 2. The molecule has 2 amide bonds. The standard InChI is InChI=1S/C31H48N4O11/c1-17(2)23-20(27(35-34-23)46-28-26(43)25(42)24(41)21(13-36)45-28)12-19-10-8-18(9-11-19)6-5-7-22(40)32-30(3,4)29(44)33-31(14-37,15-38)16-39/h8-11,17,21,24-26,28,36-39,41-43H,5-7,12-16H2,1-4H3,(H,32,40)(H,33,44)(H,34,35)/t21-,24+,25+,26-,28+/m1/s1. The normalized spacial score (nSPS) is 22.1. The highest BCUT2D eigenvalue weighted by Crippen LogP contribution is 2.31. The lowest BCUT2D eigenvalue weighted by atomic mass is 9.97. The van der Waals surface area contributed by atoms with Gasteiger partial charge in [0.05, 0.1) is 26.4 Å². The van der Waals surface area contributed by atoms with E-state index in [0.29, 0.717) is 19.3 Å². The Morgan fingerprint density at radius 2 is 1.57 bits per heavy atom. The van der Waals surface area contributed by atoms with Crippen LogP contribution in [0.25, 0.3) is 0 Å². The molecule has 46 heavy (non-hydrogen) atoms. The lowest BCUT2D eigenvalue weighted by Gasteiger charge is -2.39. The van der Waals surface area contributed by atoms with E-state index in [1.165, 1.54) is 13.8 Å². The van der Waals surface area contributed by atoms with Crippen LogP contribution in [0.3, 0.4) is 0 Å². The lowest BCUT2D eigenvalue weighted by molar-refractivity contribution is -0.278. The maximum atomic E-state index is 12.7. The fraction of sp³-hybridized carbons (Fsp3) is 0.645. The Morgan fingerprint density at radius 1 is 0.957 bits per heavy atom. The van der Waals surface area contributed by atoms with E-state index in [9.17, 15) is 45.3 Å². The first-order chi connectivity index (χ1) is 21.7. The Bertz CT molecular complexity index is 1270. The maximum Gasteiger partial charge on any atom is 0.245 e. The molecule has 1 saturated heterocycles. The molecule has 1 aliphatic rings. The molecule has 258 valence electrons. The van der Waals surface area contributed by atoms with E-state index in [1.807, 2.05) is 38.1 Å². The maximum absolute atomic E-state index is 12.7. The summed E-state index contributed by atoms with van der Waals surface area (Å²) >= 11 is 0. The lowest BCUT2D eigenvalue weighted by Crippen LogP contribution is -2.64. The minimum Gasteiger partial charge on any atom is -0.443 e. The molecule has 15 heteroatoms. The topological polar surface area (TPSA) is 247 Å². The molecule has 3 rings (SSSR count). The van der Waals surface area contributed by atoms with Crippen LogP contribution in [0.2, 0.25) is 0 Å². The quantitative estimate of drug-likeness (QED) is 0.0980. The summed E-state index contributed by atoms with van der Waals surface area (Å²) in [5.41, 5.74) is 0.495. The first-order valence-electron chi connectivity index (χ1n) is 15.3. The molecule has 0 spiro atoms. The number of rotatable bonds is 16. The third kappa shape index (κ3) is 9.01. The Balaban J connectivity index is 1.59. The van der Waals surface area contributed by atoms with E-state index in [2.05, 4.69) is 20.8 Å². The van der Waals surface area contributed by atoms with E-state index in [0.717, 1.165) is 22.4 Å². The predicted molar refractivity (Wildman–Crippen MR) is 164 cm³/mol. The number of H-pyrrole nitrogens is 1. The Hall–Kier alpha value is -3.15. The van der Waals surface area contributed by atoms with Gasteiger partial charge >= 0.3 is 0 Å². The summed E-state index contributed by atoms with van der Waals surface area (Å²) in [5.74, 6) is -0.798. The molecule has 1 aliphatic heterocycles. The number of nitrogens with one attached hydrogen (secondary N) is 3. The van der Waals surface area contributed by atoms with E-state index < -0.39 is 74.1 Å². The molecule has 2 aromatic rings. The zero-order valence-corrected chi connectivity index (χ0v) is 26.6. The van der Waals surface area contributed by atoms with Crippen molar-refractivity contribution in [1.29, 1.82) is 0 Å². The minimum absolute atomic E-state index is 0.0534. The van der Waals surface area contributed by atoms with Crippen molar-refractivity contribution in [2.24, 2.45) is 0 Å². The first kappa shape index (κ1) is 37.3. The van der Waals surface area contributed by atoms with Crippen molar-refractivity contribution < 1.29 is 54.8 Å². The molecule has 5 atom stereocenters. The summed E-state index contributed by atoms with van der Waals surface area (Å²) in [5, 5.41) is 80.8. The smallest absolute Gasteiger partial charge is 0.245 e. The monoisotopic (exact) mass is 652 g/mol. The van der Waals surface area contributed by atoms with Crippen LogP contribution in [0.1, 0.15) is 68.8 Å². The van der Waals surface area contributed by atoms with Gasteiger partial charge in [0.2, 0.25) is 24.0 Å². The fourth-order valence-corrected chi connectivity index (χ4v) is 5.00. The molecule has 15 nitrogen and oxygen atoms in total. The van der Waals surface area contributed by atoms with Crippen LogP contribution in [0.4, 0.5) is 0 Å². The van der Waals surface area contributed by atoms with Gasteiger partial charge in [0.1, 0.15) is 35.5 Å². The van der Waals surface area contributed by atoms with Crippen LogP contribution in [0.15, 0.2) is 24.3 Å². The van der Waals surface area contributed by atoms with Crippen LogP contribution in [-0.2, 0) is 27.2 Å². The number of aliphatic hydroxyl groups excluding tert-OH is 7. The number of carbonyl (C=O) groups excluding carboxylic acids is 2. The van der Waals surface area contributed by atoms with Crippen molar-refractivity contribution in [1.82, 2.24) is 20.8 Å². The van der Waals surface area contributed by atoms with Crippen molar-refractivity contribution in [3.63, 3.8) is 0 Å². The van der Waals surface area contributed by atoms with Gasteiger partial charge in [-0.15, -0.1) is 5.10 Å². The number of aromatic nitrogens is 2. The molecule has 0 unspecified atom stereocenters. The third-order valence-electron chi connectivity index (χ3n) is 8.09. The van der Waals surface area contributed by atoms with Crippen LogP contribution < -0.4 is 15.4 Å². The Kier molecular flexibility index (Phi) is 13.1. The van der Waals surface area contributed by atoms with Crippen LogP contribution in [-0.4, -0.2) is 126 Å². The second-order valence-electron chi connectivity index (χ2n) is 12.6. The van der Waals surface area contributed by atoms with Crippen molar-refractivity contribution in [2.75, 3.05) is 26.4 Å². The van der Waals surface area contributed by atoms with Gasteiger partial charge in [-0.3, -0.25) is 14.7 Å². The van der Waals surface area contributed by atoms with Crippen LogP contribution in [0.5, 0.6) is 5.88 Å². The number of ether oxygens (including phenoxy) is 2. The van der Waals surface area contributed by atoms with Gasteiger partial charge in [-0.25, -0.2) is 0 Å². The molecule has 0 radical (unpaired) electrons. The van der Waals surface area contributed by atoms with Gasteiger partial charge < -0.3 is 55.9 Å². The Morgan fingerprint density at radius 3 is 2.13 bits per heavy atom. The summed E-state index contributed by atoms with van der Waals surface area (Å²) in [6.45, 7) is 4.33. The molecule has 0 saturated carbocycles. The first-order valence-corrected chi connectivity index (χ1v) is 15.3. The summed E-state index contributed by atoms with van der Waals surface area (Å²) in [6, 6.07) is 7.76. The number of nitrogens with zero attached hydrogens (tertiary/aromatic N) is 1. The SMILES string of the molecule is CC(C)c1[nH]nc(O[C@@H]2O[C@H](CO)[C@H](O)[C@H](O)[C@H]2O)c1Cc1ccc(CCCC(=O)NC(C)(C)C(=O)NC(CO)(CO)CO)cc1. The van der Waals surface area contributed by atoms with E-state index in [1.54, 1.807) is 0 Å². The number of aliphatic hydroxyl groups is 7. The molecule has 0 aliphatic carbocycles. The number of hydrogen-bond acceptors (Lipinski definition) is 12. The summed E-state index contributed by atoms with van der Waals surface area (Å²) in [4.78, 5) is 25.2. The zero-order valence-electron chi connectivity index (χ0n) is 26.6. The van der Waals surface area contributed by atoms with E-state index >= 15 is 0 Å². The number of aromatic amines is 1. The second-order valence-corrected chi connectivity index (χ2v) is 12.6. The fourth-order valence-electron chi connectivity index (χ4n) is 5.00. The van der Waals surface area contributed by atoms with Crippen molar-refractivity contribution in [3.8, 4) is 5.88 Å². The van der Waals surface area contributed by atoms with Crippen LogP contribution >= 0.6 is 0 Å². The van der Waals surface area contributed by atoms with Gasteiger partial charge in [0.25, 0.3) is 0 Å². The highest BCUT2D eigenvalue weighted by Gasteiger charge is 2.45. The molecule has 10 N–H and O–H groups in total. The van der Waals surface area contributed by atoms with Gasteiger partial charge in [-0.05, 0) is 43.7 Å². The van der Waals surface area contributed by atoms with Crippen molar-refractivity contribution >= 4 is 11.8 Å². The average Bonchev–Trinajstić information content (AvgIpc) is 3.42. The highest BCUT2D eigenvalue weighted by atomic mass is 16.7. The molecule has 1 aromatic heterocycles. The minimum atomic E-state index is -1.60. The number of aryl methyl sites for hydroxylation is 1. The molecular formula is C31H48N4O11. The molecule has 1 aromatic carbocycles. The summed E-state index contributed by atoms with van der Waals surface area (Å²) < 4.78 is 11.3. The van der Waals surface area contributed by atoms with E-state index in [4.69, 9.17) is 9.47 Å². The summed E-state index contributed by atoms with van der Waals surface area (Å²) in [7, 11) is 0. The van der Waals surface area contributed by atoms with Crippen LogP contribution in [0, 0.1) is 0 Å². The van der Waals surface area contributed by atoms with Gasteiger partial charge in [-0.2, -0.15) is 0 Å². The molecule has 0 bridgehead atoms. The average molecular weight is 653 g/mol. The highest BCUT2D eigenvalue weighted by molar-refractivity contribution is 5.91. The van der Waals surface area contributed by atoms with Gasteiger partial charge in [0.15, 0.2) is 0 Å². The molecule has 1 fully saturated rings. The zero-order chi connectivity index (χ0) is 34.2. The largest absolute Gasteiger partial charge is 0.443 e. The second kappa shape index (κ2) is 16.1. The Labute approximate surface area is 267 Å². The third-order valence-corrected chi connectivity index (χ3v) is 8.09. The number of benzene rings is 1. The van der Waals surface area contributed by atoms with Crippen molar-refractivity contribution in [3.05, 3.63) is 46.6 Å². The summed E-state index contributed by atoms with van der Waals surface area (Å²) in [6.07, 6.45) is -5.47. The molecule has 2 heterocycles. The molecular weight excluding hydrogens is 604 g/mol.